The smallest absolute Gasteiger partial charge is 0.325 e. The van der Waals surface area contributed by atoms with Crippen molar-refractivity contribution in [1.82, 2.24) is 14.9 Å². The van der Waals surface area contributed by atoms with E-state index in [1.165, 1.54) is 12.1 Å². The van der Waals surface area contributed by atoms with E-state index in [0.717, 1.165) is 32.4 Å². The molecule has 0 radical (unpaired) electrons. The number of hydrogen-bond donors (Lipinski definition) is 2. The lowest BCUT2D eigenvalue weighted by Gasteiger charge is -2.33. The Morgan fingerprint density at radius 3 is 2.32 bits per heavy atom. The highest BCUT2D eigenvalue weighted by atomic mass is 35.5. The molecule has 0 spiro atoms. The van der Waals surface area contributed by atoms with Crippen LogP contribution in [0.3, 0.4) is 0 Å². The van der Waals surface area contributed by atoms with Gasteiger partial charge in [0.15, 0.2) is 0 Å². The zero-order valence-electron chi connectivity index (χ0n) is 18.6. The van der Waals surface area contributed by atoms with Crippen LogP contribution in [-0.4, -0.2) is 62.8 Å². The van der Waals surface area contributed by atoms with Crippen molar-refractivity contribution in [3.63, 3.8) is 0 Å². The van der Waals surface area contributed by atoms with Crippen LogP contribution in [0.15, 0.2) is 48.5 Å². The first-order valence-corrected chi connectivity index (χ1v) is 12.7. The van der Waals surface area contributed by atoms with Crippen LogP contribution in [0.1, 0.15) is 0 Å². The third-order valence-electron chi connectivity index (χ3n) is 5.08. The maximum Gasteiger partial charge on any atom is 0.325 e. The van der Waals surface area contributed by atoms with E-state index in [9.17, 15) is 12.8 Å². The highest BCUT2D eigenvalue weighted by Gasteiger charge is 2.18. The predicted octanol–water partition coefficient (Wildman–Crippen LogP) is 3.93. The summed E-state index contributed by atoms with van der Waals surface area (Å²) in [6, 6.07) is 12.6. The van der Waals surface area contributed by atoms with E-state index in [1.54, 1.807) is 36.4 Å². The number of halogens is 2. The van der Waals surface area contributed by atoms with Crippen molar-refractivity contribution in [2.75, 3.05) is 54.4 Å². The molecule has 2 aromatic carbocycles. The zero-order valence-corrected chi connectivity index (χ0v) is 20.2. The fourth-order valence-electron chi connectivity index (χ4n) is 3.35. The number of hydrogen-bond acceptors (Lipinski definition) is 8. The van der Waals surface area contributed by atoms with Gasteiger partial charge < -0.3 is 19.9 Å². The Kier molecular flexibility index (Phi) is 7.05. The second-order valence-electron chi connectivity index (χ2n) is 7.94. The Bertz CT molecular complexity index is 1270. The molecule has 0 atom stereocenters. The monoisotopic (exact) mass is 506 g/mol. The number of rotatable bonds is 7. The highest BCUT2D eigenvalue weighted by molar-refractivity contribution is 7.92. The van der Waals surface area contributed by atoms with Crippen molar-refractivity contribution in [1.29, 1.82) is 0 Å². The van der Waals surface area contributed by atoms with Gasteiger partial charge >= 0.3 is 6.01 Å². The fraction of sp³-hybridized carbons (Fsp3) is 0.273. The number of piperazine rings is 1. The Morgan fingerprint density at radius 2 is 1.68 bits per heavy atom. The molecule has 1 aliphatic rings. The number of nitrogens with one attached hydrogen (secondary N) is 2. The number of benzene rings is 2. The van der Waals surface area contributed by atoms with E-state index < -0.39 is 15.8 Å². The van der Waals surface area contributed by atoms with Crippen molar-refractivity contribution in [2.24, 2.45) is 0 Å². The van der Waals surface area contributed by atoms with Crippen LogP contribution in [0.2, 0.25) is 5.02 Å². The molecule has 180 valence electrons. The van der Waals surface area contributed by atoms with E-state index in [1.807, 2.05) is 0 Å². The molecule has 0 unspecified atom stereocenters. The Morgan fingerprint density at radius 1 is 1.00 bits per heavy atom. The predicted molar refractivity (Wildman–Crippen MR) is 131 cm³/mol. The number of nitrogens with zero attached hydrogens (tertiary/aromatic N) is 4. The third-order valence-corrected chi connectivity index (χ3v) is 5.97. The highest BCUT2D eigenvalue weighted by Crippen LogP contribution is 2.28. The van der Waals surface area contributed by atoms with Crippen molar-refractivity contribution in [3.05, 3.63) is 59.4 Å². The summed E-state index contributed by atoms with van der Waals surface area (Å²) in [6.07, 6.45) is 1.08. The van der Waals surface area contributed by atoms with Gasteiger partial charge in [-0.25, -0.2) is 12.8 Å². The molecular formula is C22H24ClFN6O3S. The largest absolute Gasteiger partial charge is 0.424 e. The van der Waals surface area contributed by atoms with E-state index in [4.69, 9.17) is 16.3 Å². The second kappa shape index (κ2) is 10.00. The first kappa shape index (κ1) is 24.0. The van der Waals surface area contributed by atoms with Crippen molar-refractivity contribution in [3.8, 4) is 11.8 Å². The molecule has 34 heavy (non-hydrogen) atoms. The molecule has 0 aliphatic carbocycles. The molecule has 0 bridgehead atoms. The van der Waals surface area contributed by atoms with Gasteiger partial charge in [0.1, 0.15) is 23.2 Å². The Hall–Kier alpha value is -3.15. The number of aromatic nitrogens is 2. The molecule has 2 heterocycles. The summed E-state index contributed by atoms with van der Waals surface area (Å²) in [5.74, 6) is 1.07. The molecule has 0 amide bonds. The first-order chi connectivity index (χ1) is 16.1. The summed E-state index contributed by atoms with van der Waals surface area (Å²) in [6.45, 7) is 3.37. The van der Waals surface area contributed by atoms with E-state index in [-0.39, 0.29) is 11.0 Å². The van der Waals surface area contributed by atoms with E-state index in [2.05, 4.69) is 36.9 Å². The minimum atomic E-state index is -3.38. The lowest BCUT2D eigenvalue weighted by molar-refractivity contribution is 0.311. The molecule has 2 N–H and O–H groups in total. The summed E-state index contributed by atoms with van der Waals surface area (Å²) >= 11 is 5.91. The fourth-order valence-corrected chi connectivity index (χ4v) is 4.10. The number of anilines is 4. The van der Waals surface area contributed by atoms with Gasteiger partial charge in [-0.2, -0.15) is 9.97 Å². The van der Waals surface area contributed by atoms with Gasteiger partial charge in [-0.1, -0.05) is 11.6 Å². The van der Waals surface area contributed by atoms with Crippen LogP contribution in [0, 0.1) is 5.82 Å². The van der Waals surface area contributed by atoms with Gasteiger partial charge in [0.05, 0.1) is 11.3 Å². The van der Waals surface area contributed by atoms with Crippen molar-refractivity contribution >= 4 is 44.6 Å². The number of sulfonamides is 1. The normalized spacial score (nSPS) is 14.6. The Labute approximate surface area is 202 Å². The van der Waals surface area contributed by atoms with E-state index >= 15 is 0 Å². The molecule has 4 rings (SSSR count). The van der Waals surface area contributed by atoms with Gasteiger partial charge in [0.25, 0.3) is 0 Å². The lowest BCUT2D eigenvalue weighted by Crippen LogP contribution is -2.44. The molecule has 1 saturated heterocycles. The average Bonchev–Trinajstić information content (AvgIpc) is 2.77. The summed E-state index contributed by atoms with van der Waals surface area (Å²) in [4.78, 5) is 13.4. The van der Waals surface area contributed by atoms with Crippen LogP contribution in [0.25, 0.3) is 0 Å². The van der Waals surface area contributed by atoms with Gasteiger partial charge in [-0.15, -0.1) is 0 Å². The molecule has 1 aliphatic heterocycles. The Balaban J connectivity index is 1.60. The van der Waals surface area contributed by atoms with E-state index in [0.29, 0.717) is 28.8 Å². The van der Waals surface area contributed by atoms with Crippen molar-refractivity contribution in [2.45, 2.75) is 0 Å². The van der Waals surface area contributed by atoms with Crippen LogP contribution >= 0.6 is 11.6 Å². The average molecular weight is 507 g/mol. The number of likely N-dealkylation sites (N-methyl/N-ethyl adjacent to an activating group) is 1. The van der Waals surface area contributed by atoms with Gasteiger partial charge in [0.2, 0.25) is 10.0 Å². The van der Waals surface area contributed by atoms with Crippen LogP contribution in [0.5, 0.6) is 11.8 Å². The van der Waals surface area contributed by atoms with Gasteiger partial charge in [-0.05, 0) is 49.5 Å². The van der Waals surface area contributed by atoms with Crippen LogP contribution in [-0.2, 0) is 10.0 Å². The molecular weight excluding hydrogens is 483 g/mol. The lowest BCUT2D eigenvalue weighted by atomic mass is 10.3. The minimum absolute atomic E-state index is 0.00221. The minimum Gasteiger partial charge on any atom is -0.424 e. The topological polar surface area (TPSA) is 99.7 Å². The standard InChI is InChI=1S/C22H24ClFN6O3S/c1-29-9-11-30(12-10-29)21-14-20(25-16-5-8-19(24)18(23)13-16)26-22(27-21)33-17-6-3-15(4-7-17)28-34(2,31)32/h3-8,13-14,28H,9-12H2,1-2H3,(H,25,26,27). The molecule has 3 aromatic rings. The quantitative estimate of drug-likeness (QED) is 0.497. The van der Waals surface area contributed by atoms with Crippen LogP contribution < -0.4 is 19.7 Å². The van der Waals surface area contributed by atoms with Gasteiger partial charge in [0, 0.05) is 43.6 Å². The summed E-state index contributed by atoms with van der Waals surface area (Å²) in [5, 5.41) is 3.12. The van der Waals surface area contributed by atoms with Crippen LogP contribution in [0.4, 0.5) is 27.4 Å². The summed E-state index contributed by atoms with van der Waals surface area (Å²) in [5.41, 5.74) is 0.981. The van der Waals surface area contributed by atoms with Gasteiger partial charge in [-0.3, -0.25) is 4.72 Å². The number of ether oxygens (including phenoxy) is 1. The summed E-state index contributed by atoms with van der Waals surface area (Å²) in [7, 11) is -1.31. The molecule has 1 aromatic heterocycles. The maximum absolute atomic E-state index is 13.5. The summed E-state index contributed by atoms with van der Waals surface area (Å²) < 4.78 is 44.6. The molecule has 0 saturated carbocycles. The SMILES string of the molecule is CN1CCN(c2cc(Nc3ccc(F)c(Cl)c3)nc(Oc3ccc(NS(C)(=O)=O)cc3)n2)CC1. The first-order valence-electron chi connectivity index (χ1n) is 10.4. The molecule has 12 heteroatoms. The van der Waals surface area contributed by atoms with Crippen molar-refractivity contribution < 1.29 is 17.5 Å². The zero-order chi connectivity index (χ0) is 24.3. The third kappa shape index (κ3) is 6.46. The molecule has 9 nitrogen and oxygen atoms in total. The maximum atomic E-state index is 13.5. The molecule has 1 fully saturated rings. The second-order valence-corrected chi connectivity index (χ2v) is 10.1.